The zero-order valence-electron chi connectivity index (χ0n) is 30.4. The zero-order valence-corrected chi connectivity index (χ0v) is 30.4. The SMILES string of the molecule is C=CC1=C(\C=C/C=C\C(=C/C=C/C)C2C=c3c4c(C)c5ccccc5cc4n4c(=C/C)/c(=C\c5ccccc5)c(c34)C2)c2ccccc2C1(C)C. The van der Waals surface area contributed by atoms with Crippen LogP contribution in [-0.4, -0.2) is 4.40 Å². The first-order valence-corrected chi connectivity index (χ1v) is 18.2. The summed E-state index contributed by atoms with van der Waals surface area (Å²) in [4.78, 5) is 0. The van der Waals surface area contributed by atoms with Crippen LogP contribution < -0.4 is 15.8 Å². The summed E-state index contributed by atoms with van der Waals surface area (Å²) >= 11 is 0. The van der Waals surface area contributed by atoms with Crippen molar-refractivity contribution >= 4 is 51.0 Å². The molecule has 2 aliphatic rings. The first-order chi connectivity index (χ1) is 24.9. The van der Waals surface area contributed by atoms with Crippen LogP contribution in [-0.2, 0) is 11.8 Å². The molecule has 0 spiro atoms. The van der Waals surface area contributed by atoms with Crippen molar-refractivity contribution < 1.29 is 0 Å². The minimum atomic E-state index is -0.0641. The Labute approximate surface area is 301 Å². The van der Waals surface area contributed by atoms with Crippen LogP contribution >= 0.6 is 0 Å². The molecule has 1 heteroatoms. The Morgan fingerprint density at radius 3 is 2.45 bits per heavy atom. The molecule has 6 aromatic rings. The van der Waals surface area contributed by atoms with Crippen molar-refractivity contribution in [3.63, 3.8) is 0 Å². The molecule has 4 aromatic carbocycles. The van der Waals surface area contributed by atoms with Gasteiger partial charge in [-0.05, 0) is 94.6 Å². The molecule has 0 fully saturated rings. The van der Waals surface area contributed by atoms with Crippen molar-refractivity contribution in [3.05, 3.63) is 195 Å². The number of allylic oxidation sites excluding steroid dienone is 11. The van der Waals surface area contributed by atoms with Gasteiger partial charge in [-0.2, -0.15) is 0 Å². The molecule has 2 aliphatic carbocycles. The number of rotatable bonds is 7. The summed E-state index contributed by atoms with van der Waals surface area (Å²) in [5.41, 5.74) is 13.1. The van der Waals surface area contributed by atoms with Crippen molar-refractivity contribution in [3.8, 4) is 0 Å². The number of nitrogens with zero attached hydrogens (tertiary/aromatic N) is 1. The lowest BCUT2D eigenvalue weighted by atomic mass is 9.81. The van der Waals surface area contributed by atoms with Gasteiger partial charge in [-0.25, -0.2) is 0 Å². The van der Waals surface area contributed by atoms with Gasteiger partial charge in [0.05, 0.1) is 11.0 Å². The van der Waals surface area contributed by atoms with Gasteiger partial charge in [-0.1, -0.05) is 160 Å². The highest BCUT2D eigenvalue weighted by Gasteiger charge is 2.34. The summed E-state index contributed by atoms with van der Waals surface area (Å²) in [6.07, 6.45) is 25.8. The van der Waals surface area contributed by atoms with Crippen LogP contribution in [0.1, 0.15) is 55.5 Å². The van der Waals surface area contributed by atoms with Crippen LogP contribution in [0.25, 0.3) is 51.0 Å². The van der Waals surface area contributed by atoms with Gasteiger partial charge in [-0.3, -0.25) is 0 Å². The second-order valence-corrected chi connectivity index (χ2v) is 14.4. The van der Waals surface area contributed by atoms with E-state index in [-0.39, 0.29) is 11.3 Å². The number of hydrogen-bond acceptors (Lipinski definition) is 0. The molecule has 0 bridgehead atoms. The van der Waals surface area contributed by atoms with E-state index in [1.807, 2.05) is 6.08 Å². The van der Waals surface area contributed by atoms with E-state index in [4.69, 9.17) is 0 Å². The highest BCUT2D eigenvalue weighted by atomic mass is 14.9. The topological polar surface area (TPSA) is 4.41 Å². The molecule has 51 heavy (non-hydrogen) atoms. The molecule has 0 saturated carbocycles. The second kappa shape index (κ2) is 12.9. The van der Waals surface area contributed by atoms with Gasteiger partial charge in [0.25, 0.3) is 0 Å². The fraction of sp³-hybridized carbons (Fsp3) is 0.160. The molecule has 2 aromatic heterocycles. The Balaban J connectivity index is 1.31. The minimum Gasteiger partial charge on any atom is -0.309 e. The van der Waals surface area contributed by atoms with E-state index in [1.54, 1.807) is 0 Å². The van der Waals surface area contributed by atoms with E-state index in [9.17, 15) is 0 Å². The number of benzene rings is 4. The molecule has 250 valence electrons. The molecule has 1 unspecified atom stereocenters. The Kier molecular flexibility index (Phi) is 8.23. The maximum atomic E-state index is 4.20. The second-order valence-electron chi connectivity index (χ2n) is 14.4. The predicted octanol–water partition coefficient (Wildman–Crippen LogP) is 10.4. The Morgan fingerprint density at radius 2 is 1.67 bits per heavy atom. The average molecular weight is 660 g/mol. The average Bonchev–Trinajstić information content (AvgIpc) is 3.72. The van der Waals surface area contributed by atoms with Gasteiger partial charge in [0.15, 0.2) is 0 Å². The van der Waals surface area contributed by atoms with E-state index >= 15 is 0 Å². The maximum absolute atomic E-state index is 4.20. The van der Waals surface area contributed by atoms with Crippen molar-refractivity contribution in [2.75, 3.05) is 0 Å². The predicted molar refractivity (Wildman–Crippen MR) is 221 cm³/mol. The van der Waals surface area contributed by atoms with Crippen LogP contribution in [0.3, 0.4) is 0 Å². The van der Waals surface area contributed by atoms with Crippen molar-refractivity contribution in [2.45, 2.75) is 46.5 Å². The van der Waals surface area contributed by atoms with Gasteiger partial charge >= 0.3 is 0 Å². The fourth-order valence-corrected chi connectivity index (χ4v) is 8.82. The van der Waals surface area contributed by atoms with Crippen molar-refractivity contribution in [1.82, 2.24) is 4.40 Å². The van der Waals surface area contributed by atoms with Crippen LogP contribution in [0.4, 0.5) is 0 Å². The molecule has 1 atom stereocenters. The number of aromatic nitrogens is 1. The Bertz CT molecular complexity index is 2720. The highest BCUT2D eigenvalue weighted by Crippen LogP contribution is 2.47. The molecule has 0 aliphatic heterocycles. The molecule has 1 nitrogen and oxygen atoms in total. The first kappa shape index (κ1) is 32.5. The minimum absolute atomic E-state index is 0.0641. The molecule has 0 N–H and O–H groups in total. The van der Waals surface area contributed by atoms with E-state index in [0.29, 0.717) is 0 Å². The summed E-state index contributed by atoms with van der Waals surface area (Å²) in [5, 5.41) is 7.93. The van der Waals surface area contributed by atoms with Gasteiger partial charge < -0.3 is 4.40 Å². The lowest BCUT2D eigenvalue weighted by Gasteiger charge is -2.22. The fourth-order valence-electron chi connectivity index (χ4n) is 8.82. The lowest BCUT2D eigenvalue weighted by Crippen LogP contribution is -2.29. The summed E-state index contributed by atoms with van der Waals surface area (Å²) in [5.74, 6) is 0.211. The lowest BCUT2D eigenvalue weighted by molar-refractivity contribution is 0.654. The van der Waals surface area contributed by atoms with Crippen LogP contribution in [0.2, 0.25) is 0 Å². The molecule has 0 radical (unpaired) electrons. The molecule has 0 saturated heterocycles. The van der Waals surface area contributed by atoms with E-state index in [1.165, 1.54) is 87.5 Å². The summed E-state index contributed by atoms with van der Waals surface area (Å²) in [7, 11) is 0. The van der Waals surface area contributed by atoms with Crippen molar-refractivity contribution in [1.29, 1.82) is 0 Å². The van der Waals surface area contributed by atoms with Crippen LogP contribution in [0.15, 0.2) is 151 Å². The number of fused-ring (bicyclic) bond motifs is 5. The van der Waals surface area contributed by atoms with Crippen molar-refractivity contribution in [2.24, 2.45) is 5.92 Å². The smallest absolute Gasteiger partial charge is 0.0577 e. The summed E-state index contributed by atoms with van der Waals surface area (Å²) in [6, 6.07) is 30.8. The summed E-state index contributed by atoms with van der Waals surface area (Å²) < 4.78 is 2.54. The molecule has 2 heterocycles. The van der Waals surface area contributed by atoms with Crippen LogP contribution in [0, 0.1) is 12.8 Å². The third kappa shape index (κ3) is 5.23. The standard InChI is InChI=1S/C50H45N/c1-7-10-22-35(23-14-17-26-39-40-27-18-19-28-45(40)50(5,6)44(39)8-2)37-30-42-41(29-34-20-12-11-13-21-34)46(9-3)51-47-32-36-24-15-16-25-38(36)33(4)48(47)43(31-37)49(42)51/h7-29,31-32,37H,2,30H2,1,3-6H3/b10-7+,23-14-,26-17-,35-22+,41-29-,46-9+. The third-order valence-electron chi connectivity index (χ3n) is 11.2. The largest absolute Gasteiger partial charge is 0.309 e. The summed E-state index contributed by atoms with van der Waals surface area (Å²) in [6.45, 7) is 15.4. The molecule has 8 rings (SSSR count). The van der Waals surface area contributed by atoms with Gasteiger partial charge in [0.2, 0.25) is 0 Å². The quantitative estimate of drug-likeness (QED) is 0.150. The highest BCUT2D eigenvalue weighted by molar-refractivity contribution is 6.05. The van der Waals surface area contributed by atoms with E-state index in [0.717, 1.165) is 6.42 Å². The van der Waals surface area contributed by atoms with E-state index < -0.39 is 0 Å². The maximum Gasteiger partial charge on any atom is 0.0577 e. The normalized spacial score (nSPS) is 18.1. The number of aryl methyl sites for hydroxylation is 1. The molecular weight excluding hydrogens is 615 g/mol. The van der Waals surface area contributed by atoms with Gasteiger partial charge in [0, 0.05) is 32.5 Å². The monoisotopic (exact) mass is 659 g/mol. The molecule has 0 amide bonds. The van der Waals surface area contributed by atoms with Gasteiger partial charge in [0.1, 0.15) is 0 Å². The van der Waals surface area contributed by atoms with Gasteiger partial charge in [-0.15, -0.1) is 0 Å². The Hall–Kier alpha value is -5.66. The van der Waals surface area contributed by atoms with E-state index in [2.05, 4.69) is 191 Å². The third-order valence-corrected chi connectivity index (χ3v) is 11.2. The number of hydrogen-bond donors (Lipinski definition) is 0. The zero-order chi connectivity index (χ0) is 35.3. The molecular formula is C50H45N. The van der Waals surface area contributed by atoms with Crippen LogP contribution in [0.5, 0.6) is 0 Å². The first-order valence-electron chi connectivity index (χ1n) is 18.2. The Morgan fingerprint density at radius 1 is 0.902 bits per heavy atom.